The summed E-state index contributed by atoms with van der Waals surface area (Å²) < 4.78 is 7.14. The molecule has 1 aromatic heterocycles. The van der Waals surface area contributed by atoms with Crippen LogP contribution >= 0.6 is 0 Å². The third-order valence-corrected chi connectivity index (χ3v) is 0.868. The highest BCUT2D eigenvalue weighted by molar-refractivity contribution is 5.75. The molecule has 9 heavy (non-hydrogen) atoms. The molecule has 1 heterocycles. The molecule has 1 aromatic rings. The van der Waals surface area contributed by atoms with E-state index in [9.17, 15) is 0 Å². The maximum atomic E-state index is 7.14. The second kappa shape index (κ2) is 2.80. The van der Waals surface area contributed by atoms with Crippen LogP contribution in [0.4, 0.5) is 0 Å². The van der Waals surface area contributed by atoms with E-state index in [0.29, 0.717) is 5.56 Å². The third-order valence-electron chi connectivity index (χ3n) is 0.868. The fourth-order valence-electron chi connectivity index (χ4n) is 0.509. The molecular weight excluding hydrogens is 112 g/mol. The fourth-order valence-corrected chi connectivity index (χ4v) is 0.509. The van der Waals surface area contributed by atoms with Gasteiger partial charge in [-0.1, -0.05) is 6.07 Å². The molecule has 44 valence electrons. The Bertz CT molecular complexity index is 262. The summed E-state index contributed by atoms with van der Waals surface area (Å²) in [6.07, 6.45) is 3.16. The second-order valence-electron chi connectivity index (χ2n) is 1.49. The van der Waals surface area contributed by atoms with Gasteiger partial charge in [-0.05, 0) is 11.9 Å². The summed E-state index contributed by atoms with van der Waals surface area (Å²) in [4.78, 5) is 3.79. The molecule has 1 rings (SSSR count). The molecule has 0 spiro atoms. The van der Waals surface area contributed by atoms with Crippen molar-refractivity contribution in [3.05, 3.63) is 30.1 Å². The van der Waals surface area contributed by atoms with Crippen molar-refractivity contribution < 1.29 is 1.37 Å². The van der Waals surface area contributed by atoms with E-state index in [0.717, 1.165) is 0 Å². The summed E-state index contributed by atoms with van der Waals surface area (Å²) in [5.41, 5.74) is 0.623. The van der Waals surface area contributed by atoms with Crippen LogP contribution in [0.3, 0.4) is 0 Å². The van der Waals surface area contributed by atoms with Gasteiger partial charge in [0.2, 0.25) is 0 Å². The van der Waals surface area contributed by atoms with Crippen molar-refractivity contribution in [1.29, 1.82) is 5.41 Å². The van der Waals surface area contributed by atoms with E-state index in [1.165, 1.54) is 6.20 Å². The van der Waals surface area contributed by atoms with Crippen LogP contribution in [0, 0.1) is 5.41 Å². The molecule has 0 aliphatic heterocycles. The van der Waals surface area contributed by atoms with Crippen LogP contribution in [0.1, 0.15) is 6.93 Å². The highest BCUT2D eigenvalue weighted by Crippen LogP contribution is 1.93. The van der Waals surface area contributed by atoms with Crippen molar-refractivity contribution in [1.82, 2.24) is 4.98 Å². The van der Waals surface area contributed by atoms with Crippen molar-refractivity contribution in [2.45, 2.75) is 0 Å². The van der Waals surface area contributed by atoms with Gasteiger partial charge in [-0.25, -0.2) is 0 Å². The van der Waals surface area contributed by atoms with Crippen molar-refractivity contribution >= 4 is 11.9 Å². The maximum Gasteiger partial charge on any atom is 0.0737 e. The lowest BCUT2D eigenvalue weighted by molar-refractivity contribution is 1.32. The lowest BCUT2D eigenvalue weighted by Crippen LogP contribution is -1.71. The highest BCUT2D eigenvalue weighted by atomic mass is 14.6. The monoisotopic (exact) mass is 119 g/mol. The van der Waals surface area contributed by atoms with Gasteiger partial charge in [-0.3, -0.25) is 10.4 Å². The normalized spacial score (nSPS) is 9.56. The summed E-state index contributed by atoms with van der Waals surface area (Å²) in [6, 6.07) is 3.51. The lowest BCUT2D eigenvalue weighted by atomic mass is 10.3. The van der Waals surface area contributed by atoms with Crippen molar-refractivity contribution in [3.63, 3.8) is 0 Å². The zero-order valence-corrected chi connectivity index (χ0v) is 4.76. The molecule has 0 unspecified atom stereocenters. The Morgan fingerprint density at radius 3 is 3.33 bits per heavy atom. The Hall–Kier alpha value is -1.40. The molecule has 0 aliphatic carbocycles. The smallest absolute Gasteiger partial charge is 0.0737 e. The Labute approximate surface area is 54.8 Å². The first kappa shape index (κ1) is 4.48. The van der Waals surface area contributed by atoms with E-state index in [4.69, 9.17) is 6.78 Å². The van der Waals surface area contributed by atoms with Gasteiger partial charge in [0, 0.05) is 24.0 Å². The van der Waals surface area contributed by atoms with E-state index in [2.05, 4.69) is 4.98 Å². The van der Waals surface area contributed by atoms with E-state index in [1.54, 1.807) is 18.3 Å². The van der Waals surface area contributed by atoms with Gasteiger partial charge >= 0.3 is 0 Å². The second-order valence-corrected chi connectivity index (χ2v) is 1.49. The Kier molecular flexibility index (Phi) is 1.39. The Morgan fingerprint density at radius 1 is 1.89 bits per heavy atom. The molecule has 0 atom stereocenters. The predicted octanol–water partition coefficient (Wildman–Crippen LogP) is 1.34. The van der Waals surface area contributed by atoms with Gasteiger partial charge in [0.25, 0.3) is 0 Å². The van der Waals surface area contributed by atoms with E-state index in [1.807, 2.05) is 5.87 Å². The van der Waals surface area contributed by atoms with Crippen LogP contribution in [0.25, 0.3) is 6.05 Å². The minimum Gasteiger partial charge on any atom is -0.264 e. The van der Waals surface area contributed by atoms with Crippen LogP contribution in [-0.4, -0.2) is 10.9 Å². The molecule has 0 radical (unpaired) electrons. The number of nitrogens with one attached hydrogen (secondary N) is 1. The molecule has 1 N–H and O–H groups in total. The van der Waals surface area contributed by atoms with Crippen LogP contribution in [0.15, 0.2) is 24.5 Å². The summed E-state index contributed by atoms with van der Waals surface area (Å²) >= 11 is 0. The zero-order chi connectivity index (χ0) is 7.40. The Balaban J connectivity index is 3.08. The molecule has 0 aliphatic rings. The van der Waals surface area contributed by atoms with Crippen LogP contribution in [0.2, 0.25) is 0 Å². The number of nitrogens with zero attached hydrogens (tertiary/aromatic N) is 1. The summed E-state index contributed by atoms with van der Waals surface area (Å²) in [5, 5.41) is 6.64. The van der Waals surface area contributed by atoms with Gasteiger partial charge in [-0.15, -0.1) is 0 Å². The van der Waals surface area contributed by atoms with Crippen LogP contribution in [0.5, 0.6) is 0 Å². The van der Waals surface area contributed by atoms with Crippen LogP contribution < -0.4 is 0 Å². The average molecular weight is 119 g/mol. The Morgan fingerprint density at radius 2 is 2.78 bits per heavy atom. The summed E-state index contributed by atoms with van der Waals surface area (Å²) in [6.45, 7) is 0. The van der Waals surface area contributed by atoms with Crippen molar-refractivity contribution in [2.24, 2.45) is 0 Å². The molecule has 0 fully saturated rings. The highest BCUT2D eigenvalue weighted by Gasteiger charge is 1.79. The number of rotatable bonds is 1. The number of hydrogen-bond donors (Lipinski definition) is 1. The first-order valence-corrected chi connectivity index (χ1v) is 2.51. The molecule has 0 saturated heterocycles. The first-order valence-electron chi connectivity index (χ1n) is 3.01. The van der Waals surface area contributed by atoms with E-state index in [-0.39, 0.29) is 6.05 Å². The number of aromatic nitrogens is 1. The molecule has 0 amide bonds. The van der Waals surface area contributed by atoms with Gasteiger partial charge in [0.05, 0.1) is 1.37 Å². The van der Waals surface area contributed by atoms with E-state index < -0.39 is 0 Å². The fraction of sp³-hybridized carbons (Fsp3) is 0. The van der Waals surface area contributed by atoms with Gasteiger partial charge < -0.3 is 0 Å². The van der Waals surface area contributed by atoms with Gasteiger partial charge in [-0.2, -0.15) is 0 Å². The van der Waals surface area contributed by atoms with Gasteiger partial charge in [0.1, 0.15) is 0 Å². The minimum atomic E-state index is 0.0631. The van der Waals surface area contributed by atoms with Crippen LogP contribution in [-0.2, 0) is 0 Å². The van der Waals surface area contributed by atoms with Crippen molar-refractivity contribution in [2.75, 3.05) is 0 Å². The standard InChI is InChI=1S/C7H6N2/c8-4-3-7-2-1-5-9-6-7/h1-3,5-6,8H/i3D. The topological polar surface area (TPSA) is 36.7 Å². The average Bonchev–Trinajstić information content (AvgIpc) is 2.05. The SMILES string of the molecule is [2H]C(=C=N)c1cccnc1. The third kappa shape index (κ3) is 1.52. The zero-order valence-electron chi connectivity index (χ0n) is 5.76. The molecule has 2 heteroatoms. The number of hydrogen-bond acceptors (Lipinski definition) is 2. The summed E-state index contributed by atoms with van der Waals surface area (Å²) in [5.74, 6) is 1.97. The molecule has 2 nitrogen and oxygen atoms in total. The lowest BCUT2D eigenvalue weighted by Gasteiger charge is -1.84. The molecular formula is C7H6N2. The number of pyridine rings is 1. The largest absolute Gasteiger partial charge is 0.264 e. The van der Waals surface area contributed by atoms with E-state index >= 15 is 0 Å². The predicted molar refractivity (Wildman–Crippen MR) is 36.4 cm³/mol. The molecule has 0 saturated carbocycles. The van der Waals surface area contributed by atoms with Gasteiger partial charge in [0.15, 0.2) is 0 Å². The van der Waals surface area contributed by atoms with Crippen molar-refractivity contribution in [3.8, 4) is 0 Å². The quantitative estimate of drug-likeness (QED) is 0.556. The molecule has 0 bridgehead atoms. The first-order chi connectivity index (χ1) is 4.84. The molecule has 0 aromatic carbocycles. The summed E-state index contributed by atoms with van der Waals surface area (Å²) in [7, 11) is 0. The minimum absolute atomic E-state index is 0.0631. The maximum absolute atomic E-state index is 7.14.